The lowest BCUT2D eigenvalue weighted by atomic mass is 10.1. The van der Waals surface area contributed by atoms with E-state index in [9.17, 15) is 0 Å². The molecule has 1 N–H and O–H groups in total. The highest BCUT2D eigenvalue weighted by molar-refractivity contribution is 9.10. The minimum atomic E-state index is 0.419. The van der Waals surface area contributed by atoms with E-state index in [0.29, 0.717) is 6.04 Å². The predicted molar refractivity (Wildman–Crippen MR) is 54.0 cm³/mol. The van der Waals surface area contributed by atoms with Gasteiger partial charge in [-0.25, -0.2) is 0 Å². The Morgan fingerprint density at radius 1 is 1.67 bits per heavy atom. The third-order valence-corrected chi connectivity index (χ3v) is 2.60. The Kier molecular flexibility index (Phi) is 3.69. The van der Waals surface area contributed by atoms with Gasteiger partial charge in [0.15, 0.2) is 0 Å². The van der Waals surface area contributed by atoms with E-state index in [2.05, 4.69) is 33.2 Å². The summed E-state index contributed by atoms with van der Waals surface area (Å²) in [5, 5.41) is 3.25. The van der Waals surface area contributed by atoms with Crippen LogP contribution in [0.4, 0.5) is 0 Å². The molecule has 0 saturated heterocycles. The first kappa shape index (κ1) is 9.68. The van der Waals surface area contributed by atoms with Gasteiger partial charge >= 0.3 is 0 Å². The molecule has 1 aromatic heterocycles. The summed E-state index contributed by atoms with van der Waals surface area (Å²) < 4.78 is 1.08. The minimum absolute atomic E-state index is 0.419. The summed E-state index contributed by atoms with van der Waals surface area (Å²) in [7, 11) is 1.97. The first-order valence-corrected chi connectivity index (χ1v) is 4.85. The van der Waals surface area contributed by atoms with Gasteiger partial charge in [0.05, 0.1) is 0 Å². The number of aromatic nitrogens is 1. The van der Waals surface area contributed by atoms with Crippen LogP contribution in [-0.2, 0) is 0 Å². The van der Waals surface area contributed by atoms with Crippen LogP contribution in [0.3, 0.4) is 0 Å². The predicted octanol–water partition coefficient (Wildman–Crippen LogP) is 2.51. The molecule has 1 rings (SSSR count). The van der Waals surface area contributed by atoms with Gasteiger partial charge in [0.2, 0.25) is 0 Å². The van der Waals surface area contributed by atoms with Crippen molar-refractivity contribution in [2.75, 3.05) is 7.05 Å². The first-order chi connectivity index (χ1) is 5.79. The number of nitrogens with one attached hydrogen (secondary N) is 1. The highest BCUT2D eigenvalue weighted by Gasteiger charge is 2.08. The van der Waals surface area contributed by atoms with Gasteiger partial charge in [0, 0.05) is 22.9 Å². The molecule has 0 saturated carbocycles. The Balaban J connectivity index is 2.92. The summed E-state index contributed by atoms with van der Waals surface area (Å²) >= 11 is 3.48. The summed E-state index contributed by atoms with van der Waals surface area (Å²) in [6.07, 6.45) is 4.73. The summed E-state index contributed by atoms with van der Waals surface area (Å²) in [6.45, 7) is 2.16. The maximum absolute atomic E-state index is 4.02. The Hall–Kier alpha value is -0.410. The summed E-state index contributed by atoms with van der Waals surface area (Å²) in [6, 6.07) is 2.46. The number of halogens is 1. The van der Waals surface area contributed by atoms with Crippen LogP contribution in [0.2, 0.25) is 0 Å². The minimum Gasteiger partial charge on any atom is -0.313 e. The zero-order chi connectivity index (χ0) is 8.97. The van der Waals surface area contributed by atoms with E-state index in [-0.39, 0.29) is 0 Å². The number of rotatable bonds is 3. The van der Waals surface area contributed by atoms with Crippen LogP contribution in [-0.4, -0.2) is 12.0 Å². The summed E-state index contributed by atoms with van der Waals surface area (Å²) in [4.78, 5) is 4.02. The fourth-order valence-corrected chi connectivity index (χ4v) is 1.77. The van der Waals surface area contributed by atoms with Gasteiger partial charge in [-0.2, -0.15) is 0 Å². The molecule has 66 valence electrons. The SMILES string of the molecule is CCC(NC)c1ccncc1Br. The average molecular weight is 229 g/mol. The lowest BCUT2D eigenvalue weighted by Gasteiger charge is -2.15. The van der Waals surface area contributed by atoms with Crippen LogP contribution >= 0.6 is 15.9 Å². The van der Waals surface area contributed by atoms with Crippen LogP contribution < -0.4 is 5.32 Å². The van der Waals surface area contributed by atoms with Crippen molar-refractivity contribution in [1.29, 1.82) is 0 Å². The highest BCUT2D eigenvalue weighted by Crippen LogP contribution is 2.23. The van der Waals surface area contributed by atoms with E-state index in [1.165, 1.54) is 5.56 Å². The van der Waals surface area contributed by atoms with Crippen LogP contribution in [0.15, 0.2) is 22.9 Å². The maximum atomic E-state index is 4.02. The number of nitrogens with zero attached hydrogens (tertiary/aromatic N) is 1. The molecule has 2 nitrogen and oxygen atoms in total. The van der Waals surface area contributed by atoms with E-state index >= 15 is 0 Å². The molecule has 1 unspecified atom stereocenters. The molecule has 0 aliphatic heterocycles. The second kappa shape index (κ2) is 4.58. The first-order valence-electron chi connectivity index (χ1n) is 4.06. The molecule has 1 aromatic rings. The maximum Gasteiger partial charge on any atom is 0.0413 e. The topological polar surface area (TPSA) is 24.9 Å². The molecule has 1 atom stereocenters. The highest BCUT2D eigenvalue weighted by atomic mass is 79.9. The van der Waals surface area contributed by atoms with Crippen LogP contribution in [0.1, 0.15) is 24.9 Å². The molecule has 3 heteroatoms. The molecular formula is C9H13BrN2. The van der Waals surface area contributed by atoms with Gasteiger partial charge < -0.3 is 5.32 Å². The molecule has 12 heavy (non-hydrogen) atoms. The average Bonchev–Trinajstić information content (AvgIpc) is 2.10. The monoisotopic (exact) mass is 228 g/mol. The van der Waals surface area contributed by atoms with Crippen molar-refractivity contribution in [3.8, 4) is 0 Å². The number of pyridine rings is 1. The van der Waals surface area contributed by atoms with Crippen LogP contribution in [0.5, 0.6) is 0 Å². The van der Waals surface area contributed by atoms with Crippen molar-refractivity contribution in [2.45, 2.75) is 19.4 Å². The normalized spacial score (nSPS) is 12.9. The van der Waals surface area contributed by atoms with Crippen molar-refractivity contribution in [3.63, 3.8) is 0 Å². The molecular weight excluding hydrogens is 216 g/mol. The zero-order valence-corrected chi connectivity index (χ0v) is 8.93. The third kappa shape index (κ3) is 2.05. The van der Waals surface area contributed by atoms with Gasteiger partial charge in [-0.1, -0.05) is 6.92 Å². The number of hydrogen-bond acceptors (Lipinski definition) is 2. The van der Waals surface area contributed by atoms with Gasteiger partial charge in [-0.15, -0.1) is 0 Å². The molecule has 0 fully saturated rings. The van der Waals surface area contributed by atoms with E-state index in [4.69, 9.17) is 0 Å². The second-order valence-corrected chi connectivity index (χ2v) is 3.50. The second-order valence-electron chi connectivity index (χ2n) is 2.65. The fraction of sp³-hybridized carbons (Fsp3) is 0.444. The molecule has 0 aliphatic rings. The smallest absolute Gasteiger partial charge is 0.0413 e. The Morgan fingerprint density at radius 2 is 2.42 bits per heavy atom. The van der Waals surface area contributed by atoms with E-state index in [1.54, 1.807) is 0 Å². The van der Waals surface area contributed by atoms with Gasteiger partial charge in [0.1, 0.15) is 0 Å². The van der Waals surface area contributed by atoms with Crippen molar-refractivity contribution >= 4 is 15.9 Å². The largest absolute Gasteiger partial charge is 0.313 e. The lowest BCUT2D eigenvalue weighted by Crippen LogP contribution is -2.15. The molecule has 1 heterocycles. The standard InChI is InChI=1S/C9H13BrN2/c1-3-9(11-2)7-4-5-12-6-8(7)10/h4-6,9,11H,3H2,1-2H3. The molecule has 0 amide bonds. The molecule has 0 radical (unpaired) electrons. The lowest BCUT2D eigenvalue weighted by molar-refractivity contribution is 0.574. The molecule has 0 aromatic carbocycles. The summed E-state index contributed by atoms with van der Waals surface area (Å²) in [5.41, 5.74) is 1.27. The zero-order valence-electron chi connectivity index (χ0n) is 7.34. The van der Waals surface area contributed by atoms with Crippen LogP contribution in [0.25, 0.3) is 0 Å². The Bertz CT molecular complexity index is 246. The van der Waals surface area contributed by atoms with Crippen molar-refractivity contribution in [2.24, 2.45) is 0 Å². The van der Waals surface area contributed by atoms with E-state index < -0.39 is 0 Å². The summed E-state index contributed by atoms with van der Waals surface area (Å²) in [5.74, 6) is 0. The van der Waals surface area contributed by atoms with Gasteiger partial charge in [0.25, 0.3) is 0 Å². The molecule has 0 spiro atoms. The van der Waals surface area contributed by atoms with Gasteiger partial charge in [-0.3, -0.25) is 4.98 Å². The quantitative estimate of drug-likeness (QED) is 0.861. The van der Waals surface area contributed by atoms with Gasteiger partial charge in [-0.05, 0) is 41.0 Å². The van der Waals surface area contributed by atoms with E-state index in [1.807, 2.05) is 25.5 Å². The van der Waals surface area contributed by atoms with Crippen molar-refractivity contribution in [1.82, 2.24) is 10.3 Å². The van der Waals surface area contributed by atoms with Crippen molar-refractivity contribution < 1.29 is 0 Å². The number of hydrogen-bond donors (Lipinski definition) is 1. The molecule has 0 aliphatic carbocycles. The molecule has 0 bridgehead atoms. The van der Waals surface area contributed by atoms with E-state index in [0.717, 1.165) is 10.9 Å². The fourth-order valence-electron chi connectivity index (χ4n) is 1.25. The Labute approximate surface area is 81.5 Å². The van der Waals surface area contributed by atoms with Crippen molar-refractivity contribution in [3.05, 3.63) is 28.5 Å². The third-order valence-electron chi connectivity index (χ3n) is 1.94. The Morgan fingerprint density at radius 3 is 2.92 bits per heavy atom. The van der Waals surface area contributed by atoms with Crippen LogP contribution in [0, 0.1) is 0 Å².